The summed E-state index contributed by atoms with van der Waals surface area (Å²) in [6, 6.07) is 3.47. The average molecular weight is 287 g/mol. The van der Waals surface area contributed by atoms with Gasteiger partial charge in [0.1, 0.15) is 11.6 Å². The van der Waals surface area contributed by atoms with E-state index in [1.165, 1.54) is 19.2 Å². The van der Waals surface area contributed by atoms with Crippen LogP contribution >= 0.6 is 0 Å². The van der Waals surface area contributed by atoms with Crippen LogP contribution in [0, 0.1) is 11.6 Å². The number of hydrogen-bond donors (Lipinski definition) is 0. The van der Waals surface area contributed by atoms with Gasteiger partial charge in [0.15, 0.2) is 0 Å². The Hall–Kier alpha value is -1.53. The van der Waals surface area contributed by atoms with Crippen LogP contribution in [0.5, 0.6) is 0 Å². The fraction of sp³-hybridized carbons (Fsp3) is 0.500. The molecule has 0 N–H and O–H groups in total. The van der Waals surface area contributed by atoms with Crippen molar-refractivity contribution < 1.29 is 23.0 Å². The van der Waals surface area contributed by atoms with Crippen LogP contribution in [-0.2, 0) is 20.8 Å². The molecule has 1 rings (SSSR count). The van der Waals surface area contributed by atoms with Crippen molar-refractivity contribution in [2.24, 2.45) is 0 Å². The summed E-state index contributed by atoms with van der Waals surface area (Å²) in [5.74, 6) is -1.53. The van der Waals surface area contributed by atoms with E-state index in [2.05, 4.69) is 4.74 Å². The third-order valence-corrected chi connectivity index (χ3v) is 2.88. The molecule has 0 saturated heterocycles. The Bertz CT molecular complexity index is 440. The highest BCUT2D eigenvalue weighted by Crippen LogP contribution is 2.12. The van der Waals surface area contributed by atoms with Crippen molar-refractivity contribution in [1.29, 1.82) is 0 Å². The molecule has 0 aliphatic heterocycles. The topological polar surface area (TPSA) is 38.8 Å². The molecule has 0 aliphatic rings. The van der Waals surface area contributed by atoms with E-state index in [0.717, 1.165) is 6.07 Å². The zero-order valence-corrected chi connectivity index (χ0v) is 11.7. The largest absolute Gasteiger partial charge is 0.469 e. The molecule has 0 fully saturated rings. The highest BCUT2D eigenvalue weighted by Gasteiger charge is 2.12. The maximum absolute atomic E-state index is 13.6. The second-order valence-corrected chi connectivity index (χ2v) is 4.33. The van der Waals surface area contributed by atoms with Crippen molar-refractivity contribution in [3.05, 3.63) is 35.4 Å². The molecule has 0 aromatic heterocycles. The zero-order valence-electron chi connectivity index (χ0n) is 11.7. The molecule has 112 valence electrons. The summed E-state index contributed by atoms with van der Waals surface area (Å²) in [5, 5.41) is 0. The van der Waals surface area contributed by atoms with E-state index in [-0.39, 0.29) is 18.9 Å². The molecule has 0 radical (unpaired) electrons. The maximum atomic E-state index is 13.6. The van der Waals surface area contributed by atoms with Crippen molar-refractivity contribution in [2.45, 2.75) is 13.0 Å². The Morgan fingerprint density at radius 2 is 2.00 bits per heavy atom. The number of hydrogen-bond acceptors (Lipinski definition) is 4. The van der Waals surface area contributed by atoms with Crippen molar-refractivity contribution in [1.82, 2.24) is 4.90 Å². The molecule has 1 aromatic carbocycles. The lowest BCUT2D eigenvalue weighted by Crippen LogP contribution is -2.30. The summed E-state index contributed by atoms with van der Waals surface area (Å²) in [6.45, 7) is 1.72. The predicted octanol–water partition coefficient (Wildman–Crippen LogP) is 1.98. The number of benzene rings is 1. The van der Waals surface area contributed by atoms with E-state index >= 15 is 0 Å². The van der Waals surface area contributed by atoms with Gasteiger partial charge in [-0.1, -0.05) is 6.07 Å². The van der Waals surface area contributed by atoms with Gasteiger partial charge in [0, 0.05) is 38.4 Å². The van der Waals surface area contributed by atoms with Gasteiger partial charge in [-0.15, -0.1) is 0 Å². The summed E-state index contributed by atoms with van der Waals surface area (Å²) < 4.78 is 36.0. The van der Waals surface area contributed by atoms with Gasteiger partial charge in [-0.25, -0.2) is 8.78 Å². The standard InChI is InChI=1S/C14H19F2NO3/c1-19-8-7-17(6-5-14(18)20-2)10-11-3-4-12(15)9-13(11)16/h3-4,9H,5-8,10H2,1-2H3. The summed E-state index contributed by atoms with van der Waals surface area (Å²) in [5.41, 5.74) is 0.382. The molecule has 0 heterocycles. The monoisotopic (exact) mass is 287 g/mol. The second-order valence-electron chi connectivity index (χ2n) is 4.33. The van der Waals surface area contributed by atoms with Crippen molar-refractivity contribution in [3.8, 4) is 0 Å². The fourth-order valence-electron chi connectivity index (χ4n) is 1.73. The van der Waals surface area contributed by atoms with E-state index < -0.39 is 11.6 Å². The normalized spacial score (nSPS) is 10.8. The number of ether oxygens (including phenoxy) is 2. The molecule has 6 heteroatoms. The van der Waals surface area contributed by atoms with Crippen LogP contribution in [0.15, 0.2) is 18.2 Å². The lowest BCUT2D eigenvalue weighted by atomic mass is 10.2. The van der Waals surface area contributed by atoms with Gasteiger partial charge in [-0.2, -0.15) is 0 Å². The van der Waals surface area contributed by atoms with Gasteiger partial charge in [0.25, 0.3) is 0 Å². The first-order valence-electron chi connectivity index (χ1n) is 6.29. The number of esters is 1. The summed E-state index contributed by atoms with van der Waals surface area (Å²) >= 11 is 0. The Balaban J connectivity index is 2.65. The molecule has 0 saturated carbocycles. The van der Waals surface area contributed by atoms with E-state index in [1.54, 1.807) is 7.11 Å². The Morgan fingerprint density at radius 1 is 1.25 bits per heavy atom. The predicted molar refractivity (Wildman–Crippen MR) is 70.1 cm³/mol. The van der Waals surface area contributed by atoms with Crippen LogP contribution in [0.25, 0.3) is 0 Å². The van der Waals surface area contributed by atoms with Crippen LogP contribution < -0.4 is 0 Å². The zero-order chi connectivity index (χ0) is 15.0. The second kappa shape index (κ2) is 8.60. The molecule has 0 aliphatic carbocycles. The Labute approximate surface area is 117 Å². The smallest absolute Gasteiger partial charge is 0.306 e. The minimum Gasteiger partial charge on any atom is -0.469 e. The molecule has 0 atom stereocenters. The molecule has 0 amide bonds. The number of rotatable bonds is 8. The summed E-state index contributed by atoms with van der Waals surface area (Å²) in [7, 11) is 2.89. The number of halogens is 2. The van der Waals surface area contributed by atoms with Crippen molar-refractivity contribution >= 4 is 5.97 Å². The van der Waals surface area contributed by atoms with Gasteiger partial charge in [0.05, 0.1) is 20.1 Å². The van der Waals surface area contributed by atoms with Crippen molar-refractivity contribution in [3.63, 3.8) is 0 Å². The van der Waals surface area contributed by atoms with Gasteiger partial charge in [-0.05, 0) is 6.07 Å². The van der Waals surface area contributed by atoms with Gasteiger partial charge < -0.3 is 9.47 Å². The quantitative estimate of drug-likeness (QED) is 0.685. The molecular formula is C14H19F2NO3. The third kappa shape index (κ3) is 5.63. The Morgan fingerprint density at radius 3 is 2.60 bits per heavy atom. The number of methoxy groups -OCH3 is 2. The maximum Gasteiger partial charge on any atom is 0.306 e. The average Bonchev–Trinajstić information content (AvgIpc) is 2.43. The first-order chi connectivity index (χ1) is 9.56. The summed E-state index contributed by atoms with van der Waals surface area (Å²) in [6.07, 6.45) is 0.211. The minimum atomic E-state index is -0.607. The van der Waals surface area contributed by atoms with Gasteiger partial charge >= 0.3 is 5.97 Å². The van der Waals surface area contributed by atoms with Crippen LogP contribution in [0.1, 0.15) is 12.0 Å². The number of carbonyl (C=O) groups is 1. The lowest BCUT2D eigenvalue weighted by Gasteiger charge is -2.21. The molecule has 1 aromatic rings. The highest BCUT2D eigenvalue weighted by molar-refractivity contribution is 5.69. The van der Waals surface area contributed by atoms with Crippen LogP contribution in [0.2, 0.25) is 0 Å². The SMILES string of the molecule is COCCN(CCC(=O)OC)Cc1ccc(F)cc1F. The number of nitrogens with zero attached hydrogens (tertiary/aromatic N) is 1. The van der Waals surface area contributed by atoms with Crippen LogP contribution in [-0.4, -0.2) is 44.8 Å². The molecular weight excluding hydrogens is 268 g/mol. The first-order valence-corrected chi connectivity index (χ1v) is 6.29. The van der Waals surface area contributed by atoms with Crippen molar-refractivity contribution in [2.75, 3.05) is 33.9 Å². The first kappa shape index (κ1) is 16.5. The molecule has 20 heavy (non-hydrogen) atoms. The lowest BCUT2D eigenvalue weighted by molar-refractivity contribution is -0.141. The van der Waals surface area contributed by atoms with Crippen LogP contribution in [0.4, 0.5) is 8.78 Å². The molecule has 0 unspecified atom stereocenters. The summed E-state index contributed by atoms with van der Waals surface area (Å²) in [4.78, 5) is 13.0. The minimum absolute atomic E-state index is 0.211. The van der Waals surface area contributed by atoms with E-state index in [0.29, 0.717) is 25.3 Å². The van der Waals surface area contributed by atoms with Gasteiger partial charge in [-0.3, -0.25) is 9.69 Å². The molecule has 0 spiro atoms. The number of carbonyl (C=O) groups excluding carboxylic acids is 1. The van der Waals surface area contributed by atoms with Crippen LogP contribution in [0.3, 0.4) is 0 Å². The van der Waals surface area contributed by atoms with E-state index in [1.807, 2.05) is 4.90 Å². The molecule has 0 bridgehead atoms. The molecule has 4 nitrogen and oxygen atoms in total. The Kier molecular flexibility index (Phi) is 7.11. The van der Waals surface area contributed by atoms with Gasteiger partial charge in [0.2, 0.25) is 0 Å². The van der Waals surface area contributed by atoms with E-state index in [4.69, 9.17) is 4.74 Å². The van der Waals surface area contributed by atoms with E-state index in [9.17, 15) is 13.6 Å². The fourth-order valence-corrected chi connectivity index (χ4v) is 1.73. The third-order valence-electron chi connectivity index (χ3n) is 2.88. The highest BCUT2D eigenvalue weighted by atomic mass is 19.1.